The lowest BCUT2D eigenvalue weighted by Crippen LogP contribution is -2.45. The van der Waals surface area contributed by atoms with E-state index in [0.717, 1.165) is 38.8 Å². The minimum atomic E-state index is -0.291. The van der Waals surface area contributed by atoms with Gasteiger partial charge in [0, 0.05) is 0 Å². The van der Waals surface area contributed by atoms with E-state index >= 15 is 0 Å². The van der Waals surface area contributed by atoms with Gasteiger partial charge in [-0.05, 0) is 44.3 Å². The normalized spacial score (nSPS) is 18.8. The zero-order valence-corrected chi connectivity index (χ0v) is 10.1. The molecule has 1 aliphatic heterocycles. The fourth-order valence-corrected chi connectivity index (χ4v) is 2.55. The number of aryl methyl sites for hydroxylation is 1. The van der Waals surface area contributed by atoms with Crippen molar-refractivity contribution in [1.82, 2.24) is 5.32 Å². The van der Waals surface area contributed by atoms with Crippen LogP contribution in [0.2, 0.25) is 0 Å². The van der Waals surface area contributed by atoms with Gasteiger partial charge in [0.15, 0.2) is 0 Å². The van der Waals surface area contributed by atoms with Crippen molar-refractivity contribution in [3.8, 4) is 0 Å². The molecule has 0 bridgehead atoms. The summed E-state index contributed by atoms with van der Waals surface area (Å²) in [4.78, 5) is 11.7. The summed E-state index contributed by atoms with van der Waals surface area (Å²) >= 11 is 0. The van der Waals surface area contributed by atoms with E-state index < -0.39 is 0 Å². The average molecular weight is 232 g/mol. The average Bonchev–Trinajstić information content (AvgIpc) is 2.38. The van der Waals surface area contributed by atoms with Crippen molar-refractivity contribution in [1.29, 1.82) is 0 Å². The van der Waals surface area contributed by atoms with Gasteiger partial charge in [-0.3, -0.25) is 4.79 Å². The zero-order chi connectivity index (χ0) is 12.1. The van der Waals surface area contributed by atoms with Crippen LogP contribution in [0.15, 0.2) is 30.3 Å². The number of carbonyl (C=O) groups excluding carboxylic acids is 1. The molecule has 0 unspecified atom stereocenters. The van der Waals surface area contributed by atoms with Crippen LogP contribution in [0.3, 0.4) is 0 Å². The number of piperidine rings is 1. The van der Waals surface area contributed by atoms with Gasteiger partial charge in [-0.2, -0.15) is 0 Å². The molecule has 0 atom stereocenters. The van der Waals surface area contributed by atoms with Crippen LogP contribution in [0.1, 0.15) is 24.8 Å². The molecule has 1 aliphatic rings. The Hall–Kier alpha value is -1.35. The fourth-order valence-electron chi connectivity index (χ4n) is 2.55. The zero-order valence-electron chi connectivity index (χ0n) is 10.1. The van der Waals surface area contributed by atoms with E-state index in [1.54, 1.807) is 0 Å². The van der Waals surface area contributed by atoms with Gasteiger partial charge >= 0.3 is 0 Å². The van der Waals surface area contributed by atoms with Gasteiger partial charge in [0.05, 0.1) is 5.41 Å². The van der Waals surface area contributed by atoms with Crippen LogP contribution in [0, 0.1) is 5.41 Å². The quantitative estimate of drug-likeness (QED) is 0.826. The van der Waals surface area contributed by atoms with E-state index in [-0.39, 0.29) is 11.3 Å². The van der Waals surface area contributed by atoms with E-state index in [4.69, 9.17) is 5.73 Å². The first-order valence-electron chi connectivity index (χ1n) is 6.27. The van der Waals surface area contributed by atoms with Crippen molar-refractivity contribution >= 4 is 5.91 Å². The van der Waals surface area contributed by atoms with Crippen molar-refractivity contribution < 1.29 is 4.79 Å². The molecular formula is C14H20N2O. The van der Waals surface area contributed by atoms with Gasteiger partial charge in [-0.1, -0.05) is 30.3 Å². The summed E-state index contributed by atoms with van der Waals surface area (Å²) in [5.41, 5.74) is 6.59. The van der Waals surface area contributed by atoms with Crippen molar-refractivity contribution in [3.63, 3.8) is 0 Å². The summed E-state index contributed by atoms with van der Waals surface area (Å²) in [6.07, 6.45) is 3.54. The molecule has 0 saturated carbocycles. The smallest absolute Gasteiger partial charge is 0.223 e. The Morgan fingerprint density at radius 1 is 1.24 bits per heavy atom. The number of hydrogen-bond acceptors (Lipinski definition) is 2. The van der Waals surface area contributed by atoms with Crippen LogP contribution in [0.4, 0.5) is 0 Å². The third kappa shape index (κ3) is 2.86. The maximum atomic E-state index is 11.7. The predicted octanol–water partition coefficient (Wildman–Crippen LogP) is 1.47. The number of nitrogens with one attached hydrogen (secondary N) is 1. The Morgan fingerprint density at radius 2 is 1.88 bits per heavy atom. The number of amides is 1. The van der Waals surface area contributed by atoms with Crippen LogP contribution in [-0.4, -0.2) is 19.0 Å². The van der Waals surface area contributed by atoms with Crippen molar-refractivity contribution in [2.45, 2.75) is 25.7 Å². The van der Waals surface area contributed by atoms with Gasteiger partial charge in [0.2, 0.25) is 5.91 Å². The number of rotatable bonds is 4. The van der Waals surface area contributed by atoms with Crippen LogP contribution in [0.5, 0.6) is 0 Å². The molecule has 17 heavy (non-hydrogen) atoms. The fraction of sp³-hybridized carbons (Fsp3) is 0.500. The minimum absolute atomic E-state index is 0.130. The third-order valence-electron chi connectivity index (χ3n) is 3.82. The van der Waals surface area contributed by atoms with Crippen LogP contribution >= 0.6 is 0 Å². The van der Waals surface area contributed by atoms with Crippen LogP contribution in [0.25, 0.3) is 0 Å². The first-order chi connectivity index (χ1) is 8.23. The van der Waals surface area contributed by atoms with E-state index in [9.17, 15) is 4.79 Å². The number of hydrogen-bond donors (Lipinski definition) is 2. The second kappa shape index (κ2) is 5.32. The van der Waals surface area contributed by atoms with E-state index in [1.165, 1.54) is 5.56 Å². The lowest BCUT2D eigenvalue weighted by molar-refractivity contribution is -0.129. The number of primary amides is 1. The lowest BCUT2D eigenvalue weighted by atomic mass is 9.74. The summed E-state index contributed by atoms with van der Waals surface area (Å²) in [5.74, 6) is -0.130. The highest BCUT2D eigenvalue weighted by atomic mass is 16.1. The monoisotopic (exact) mass is 232 g/mol. The molecule has 2 rings (SSSR count). The second-order valence-electron chi connectivity index (χ2n) is 4.88. The largest absolute Gasteiger partial charge is 0.369 e. The van der Waals surface area contributed by atoms with E-state index in [1.807, 2.05) is 18.2 Å². The third-order valence-corrected chi connectivity index (χ3v) is 3.82. The predicted molar refractivity (Wildman–Crippen MR) is 68.5 cm³/mol. The summed E-state index contributed by atoms with van der Waals surface area (Å²) in [6, 6.07) is 10.3. The standard InChI is InChI=1S/C14H20N2O/c15-13(17)14(8-10-16-11-9-14)7-6-12-4-2-1-3-5-12/h1-5,16H,6-11H2,(H2,15,17). The van der Waals surface area contributed by atoms with Crippen molar-refractivity contribution in [2.75, 3.05) is 13.1 Å². The maximum absolute atomic E-state index is 11.7. The van der Waals surface area contributed by atoms with E-state index in [0.29, 0.717) is 0 Å². The molecule has 92 valence electrons. The molecule has 1 saturated heterocycles. The Labute approximate surface area is 102 Å². The topological polar surface area (TPSA) is 55.1 Å². The Kier molecular flexibility index (Phi) is 3.79. The highest BCUT2D eigenvalue weighted by Gasteiger charge is 2.37. The number of carbonyl (C=O) groups is 1. The molecule has 1 amide bonds. The van der Waals surface area contributed by atoms with Gasteiger partial charge in [-0.15, -0.1) is 0 Å². The number of benzene rings is 1. The second-order valence-corrected chi connectivity index (χ2v) is 4.88. The first-order valence-corrected chi connectivity index (χ1v) is 6.27. The van der Waals surface area contributed by atoms with Crippen LogP contribution < -0.4 is 11.1 Å². The first kappa shape index (κ1) is 12.1. The number of nitrogens with two attached hydrogens (primary N) is 1. The summed E-state index contributed by atoms with van der Waals surface area (Å²) in [5, 5.41) is 3.28. The molecule has 1 fully saturated rings. The van der Waals surface area contributed by atoms with Gasteiger partial charge in [-0.25, -0.2) is 0 Å². The lowest BCUT2D eigenvalue weighted by Gasteiger charge is -2.34. The molecule has 1 heterocycles. The highest BCUT2D eigenvalue weighted by molar-refractivity contribution is 5.81. The van der Waals surface area contributed by atoms with Crippen molar-refractivity contribution in [2.24, 2.45) is 11.1 Å². The molecule has 0 spiro atoms. The Morgan fingerprint density at radius 3 is 2.47 bits per heavy atom. The molecule has 0 radical (unpaired) electrons. The Bertz CT molecular complexity index is 369. The summed E-state index contributed by atoms with van der Waals surface area (Å²) in [7, 11) is 0. The van der Waals surface area contributed by atoms with E-state index in [2.05, 4.69) is 17.4 Å². The summed E-state index contributed by atoms with van der Waals surface area (Å²) < 4.78 is 0. The Balaban J connectivity index is 2.01. The molecule has 3 nitrogen and oxygen atoms in total. The minimum Gasteiger partial charge on any atom is -0.369 e. The molecule has 0 aliphatic carbocycles. The molecule has 0 aromatic heterocycles. The molecule has 3 heteroatoms. The van der Waals surface area contributed by atoms with Gasteiger partial charge in [0.1, 0.15) is 0 Å². The molecule has 1 aromatic carbocycles. The molecular weight excluding hydrogens is 212 g/mol. The van der Waals surface area contributed by atoms with Gasteiger partial charge < -0.3 is 11.1 Å². The summed E-state index contributed by atoms with van der Waals surface area (Å²) in [6.45, 7) is 1.80. The molecule has 1 aromatic rings. The maximum Gasteiger partial charge on any atom is 0.223 e. The highest BCUT2D eigenvalue weighted by Crippen LogP contribution is 2.33. The molecule has 3 N–H and O–H groups in total. The SMILES string of the molecule is NC(=O)C1(CCc2ccccc2)CCNCC1. The van der Waals surface area contributed by atoms with Crippen molar-refractivity contribution in [3.05, 3.63) is 35.9 Å². The van der Waals surface area contributed by atoms with Crippen LogP contribution in [-0.2, 0) is 11.2 Å². The van der Waals surface area contributed by atoms with Gasteiger partial charge in [0.25, 0.3) is 0 Å².